The number of primary amides is 1. The van der Waals surface area contributed by atoms with Gasteiger partial charge in [0.2, 0.25) is 5.91 Å². The Morgan fingerprint density at radius 3 is 2.64 bits per heavy atom. The minimum atomic E-state index is -0.551. The maximum absolute atomic E-state index is 11.7. The van der Waals surface area contributed by atoms with E-state index in [0.717, 1.165) is 37.9 Å². The quantitative estimate of drug-likeness (QED) is 0.733. The van der Waals surface area contributed by atoms with Gasteiger partial charge in [-0.15, -0.1) is 0 Å². The summed E-state index contributed by atoms with van der Waals surface area (Å²) in [6, 6.07) is 0. The van der Waals surface area contributed by atoms with Gasteiger partial charge in [0.1, 0.15) is 11.6 Å². The molecule has 28 heavy (non-hydrogen) atoms. The van der Waals surface area contributed by atoms with Crippen LogP contribution in [-0.2, 0) is 18.3 Å². The van der Waals surface area contributed by atoms with E-state index in [1.807, 2.05) is 18.1 Å². The zero-order chi connectivity index (χ0) is 20.1. The van der Waals surface area contributed by atoms with E-state index in [1.54, 1.807) is 17.8 Å². The molecule has 3 N–H and O–H groups in total. The Hall–Kier alpha value is -2.97. The number of hydrogen-bond acceptors (Lipinski definition) is 6. The molecule has 1 aliphatic rings. The summed E-state index contributed by atoms with van der Waals surface area (Å²) in [7, 11) is 1.86. The Morgan fingerprint density at radius 1 is 1.29 bits per heavy atom. The molecule has 0 aliphatic carbocycles. The number of amides is 2. The Kier molecular flexibility index (Phi) is 6.23. The molecule has 2 aromatic heterocycles. The van der Waals surface area contributed by atoms with Crippen LogP contribution in [0.5, 0.6) is 0 Å². The van der Waals surface area contributed by atoms with Crippen molar-refractivity contribution in [3.63, 3.8) is 0 Å². The van der Waals surface area contributed by atoms with Crippen LogP contribution < -0.4 is 11.1 Å². The molecule has 0 atom stereocenters. The highest BCUT2D eigenvalue weighted by Crippen LogP contribution is 2.21. The SMILES string of the molecule is CC(=O)N1CCC(CCNc2nc(Cc3cnn(C)c3)ncc2C(N)=O)CC1. The third-order valence-corrected chi connectivity index (χ3v) is 5.13. The van der Waals surface area contributed by atoms with Crippen molar-refractivity contribution in [1.29, 1.82) is 0 Å². The van der Waals surface area contributed by atoms with Crippen LogP contribution >= 0.6 is 0 Å². The molecular formula is C19H27N7O2. The van der Waals surface area contributed by atoms with Crippen molar-refractivity contribution in [1.82, 2.24) is 24.6 Å². The topological polar surface area (TPSA) is 119 Å². The maximum Gasteiger partial charge on any atom is 0.254 e. The Labute approximate surface area is 164 Å². The molecule has 1 saturated heterocycles. The van der Waals surface area contributed by atoms with Crippen molar-refractivity contribution >= 4 is 17.6 Å². The van der Waals surface area contributed by atoms with Crippen LogP contribution in [0.1, 0.15) is 47.9 Å². The first-order valence-electron chi connectivity index (χ1n) is 9.55. The Bertz CT molecular complexity index is 841. The number of likely N-dealkylation sites (tertiary alicyclic amines) is 1. The second-order valence-electron chi connectivity index (χ2n) is 7.28. The summed E-state index contributed by atoms with van der Waals surface area (Å²) >= 11 is 0. The van der Waals surface area contributed by atoms with Crippen LogP contribution in [-0.4, -0.2) is 56.1 Å². The molecule has 150 valence electrons. The van der Waals surface area contributed by atoms with E-state index in [0.29, 0.717) is 36.1 Å². The number of carbonyl (C=O) groups is 2. The molecule has 0 unspecified atom stereocenters. The molecule has 0 aromatic carbocycles. The molecule has 3 rings (SSSR count). The Morgan fingerprint density at radius 2 is 2.04 bits per heavy atom. The summed E-state index contributed by atoms with van der Waals surface area (Å²) in [5.74, 6) is 1.23. The molecular weight excluding hydrogens is 358 g/mol. The number of anilines is 1. The van der Waals surface area contributed by atoms with E-state index >= 15 is 0 Å². The van der Waals surface area contributed by atoms with Crippen LogP contribution in [0.15, 0.2) is 18.6 Å². The zero-order valence-corrected chi connectivity index (χ0v) is 16.4. The van der Waals surface area contributed by atoms with Crippen molar-refractivity contribution in [2.75, 3.05) is 25.0 Å². The summed E-state index contributed by atoms with van der Waals surface area (Å²) in [4.78, 5) is 33.8. The van der Waals surface area contributed by atoms with Gasteiger partial charge in [0, 0.05) is 52.4 Å². The number of hydrogen-bond donors (Lipinski definition) is 2. The van der Waals surface area contributed by atoms with Crippen molar-refractivity contribution in [2.45, 2.75) is 32.6 Å². The molecule has 3 heterocycles. The van der Waals surface area contributed by atoms with Gasteiger partial charge in [0.25, 0.3) is 5.91 Å². The molecule has 2 aromatic rings. The molecule has 0 saturated carbocycles. The van der Waals surface area contributed by atoms with Gasteiger partial charge >= 0.3 is 0 Å². The highest BCUT2D eigenvalue weighted by molar-refractivity contribution is 5.97. The van der Waals surface area contributed by atoms with Crippen LogP contribution in [0.3, 0.4) is 0 Å². The van der Waals surface area contributed by atoms with Gasteiger partial charge in [-0.25, -0.2) is 9.97 Å². The minimum absolute atomic E-state index is 0.143. The number of nitrogens with two attached hydrogens (primary N) is 1. The fourth-order valence-corrected chi connectivity index (χ4v) is 3.50. The molecule has 2 amide bonds. The average molecular weight is 385 g/mol. The first-order valence-corrected chi connectivity index (χ1v) is 9.55. The van der Waals surface area contributed by atoms with Gasteiger partial charge in [-0.2, -0.15) is 5.10 Å². The monoisotopic (exact) mass is 385 g/mol. The van der Waals surface area contributed by atoms with E-state index in [4.69, 9.17) is 5.73 Å². The first kappa shape index (κ1) is 19.8. The second-order valence-corrected chi connectivity index (χ2v) is 7.28. The second kappa shape index (κ2) is 8.81. The lowest BCUT2D eigenvalue weighted by atomic mass is 9.93. The summed E-state index contributed by atoms with van der Waals surface area (Å²) in [5, 5.41) is 7.40. The number of rotatable bonds is 7. The number of carbonyl (C=O) groups excluding carboxylic acids is 2. The van der Waals surface area contributed by atoms with Crippen LogP contribution in [0.25, 0.3) is 0 Å². The van der Waals surface area contributed by atoms with E-state index in [1.165, 1.54) is 6.20 Å². The third-order valence-electron chi connectivity index (χ3n) is 5.13. The van der Waals surface area contributed by atoms with Crippen molar-refractivity contribution in [3.05, 3.63) is 35.5 Å². The normalized spacial score (nSPS) is 14.9. The molecule has 9 nitrogen and oxygen atoms in total. The standard InChI is InChI=1S/C19H27N7O2/c1-13(27)26-7-4-14(5-8-26)3-6-21-19-16(18(20)28)11-22-17(24-19)9-15-10-23-25(2)12-15/h10-12,14H,3-9H2,1-2H3,(H2,20,28)(H,21,22,24). The van der Waals surface area contributed by atoms with Crippen LogP contribution in [0.2, 0.25) is 0 Å². The van der Waals surface area contributed by atoms with Crippen molar-refractivity contribution in [2.24, 2.45) is 18.7 Å². The minimum Gasteiger partial charge on any atom is -0.369 e. The predicted molar refractivity (Wildman–Crippen MR) is 105 cm³/mol. The van der Waals surface area contributed by atoms with Gasteiger partial charge in [-0.05, 0) is 30.7 Å². The van der Waals surface area contributed by atoms with Crippen LogP contribution in [0, 0.1) is 5.92 Å². The van der Waals surface area contributed by atoms with E-state index in [-0.39, 0.29) is 5.91 Å². The number of aromatic nitrogens is 4. The molecule has 0 radical (unpaired) electrons. The van der Waals surface area contributed by atoms with Gasteiger partial charge in [-0.3, -0.25) is 14.3 Å². The van der Waals surface area contributed by atoms with Gasteiger partial charge in [0.15, 0.2) is 0 Å². The molecule has 0 spiro atoms. The number of nitrogens with one attached hydrogen (secondary N) is 1. The van der Waals surface area contributed by atoms with Crippen LogP contribution in [0.4, 0.5) is 5.82 Å². The summed E-state index contributed by atoms with van der Waals surface area (Å²) in [6.45, 7) is 3.93. The van der Waals surface area contributed by atoms with E-state index in [9.17, 15) is 9.59 Å². The molecule has 1 fully saturated rings. The predicted octanol–water partition coefficient (Wildman–Crippen LogP) is 0.960. The smallest absolute Gasteiger partial charge is 0.254 e. The maximum atomic E-state index is 11.7. The van der Waals surface area contributed by atoms with Gasteiger partial charge in [0.05, 0.1) is 11.8 Å². The van der Waals surface area contributed by atoms with Gasteiger partial charge < -0.3 is 16.0 Å². The fourth-order valence-electron chi connectivity index (χ4n) is 3.50. The first-order chi connectivity index (χ1) is 13.4. The van der Waals surface area contributed by atoms with E-state index in [2.05, 4.69) is 20.4 Å². The van der Waals surface area contributed by atoms with Gasteiger partial charge in [-0.1, -0.05) is 0 Å². The lowest BCUT2D eigenvalue weighted by Crippen LogP contribution is -2.37. The zero-order valence-electron chi connectivity index (χ0n) is 16.4. The van der Waals surface area contributed by atoms with Crippen molar-refractivity contribution < 1.29 is 9.59 Å². The average Bonchev–Trinajstić information content (AvgIpc) is 3.07. The van der Waals surface area contributed by atoms with Crippen molar-refractivity contribution in [3.8, 4) is 0 Å². The summed E-state index contributed by atoms with van der Waals surface area (Å²) in [6.07, 6.45) is 8.64. The van der Waals surface area contributed by atoms with E-state index < -0.39 is 5.91 Å². The molecule has 9 heteroatoms. The third kappa shape index (κ3) is 5.05. The highest BCUT2D eigenvalue weighted by Gasteiger charge is 2.20. The fraction of sp³-hybridized carbons (Fsp3) is 0.526. The summed E-state index contributed by atoms with van der Waals surface area (Å²) in [5.41, 5.74) is 6.76. The molecule has 0 bridgehead atoms. The lowest BCUT2D eigenvalue weighted by Gasteiger charge is -2.31. The molecule has 1 aliphatic heterocycles. The lowest BCUT2D eigenvalue weighted by molar-refractivity contribution is -0.130. The Balaban J connectivity index is 1.59. The highest BCUT2D eigenvalue weighted by atomic mass is 16.2. The number of piperidine rings is 1. The number of nitrogens with zero attached hydrogens (tertiary/aromatic N) is 5. The number of aryl methyl sites for hydroxylation is 1. The summed E-state index contributed by atoms with van der Waals surface area (Å²) < 4.78 is 1.73. The largest absolute Gasteiger partial charge is 0.369 e.